The number of hydrogen-bond donors (Lipinski definition) is 1. The molecule has 0 saturated carbocycles. The molecule has 1 N–H and O–H groups in total. The molecule has 1 aliphatic carbocycles. The minimum absolute atomic E-state index is 0.0182. The number of hydrogen-bond acceptors (Lipinski definition) is 5. The van der Waals surface area contributed by atoms with Crippen molar-refractivity contribution in [2.75, 3.05) is 12.4 Å². The quantitative estimate of drug-likeness (QED) is 0.760. The fraction of sp³-hybridized carbons (Fsp3) is 0.250. The van der Waals surface area contributed by atoms with Gasteiger partial charge in [-0.3, -0.25) is 9.78 Å². The highest BCUT2D eigenvalue weighted by Crippen LogP contribution is 2.34. The van der Waals surface area contributed by atoms with E-state index in [1.807, 2.05) is 36.4 Å². The molecule has 26 heavy (non-hydrogen) atoms. The molecule has 1 amide bonds. The number of pyridine rings is 1. The number of aryl methyl sites for hydroxylation is 1. The number of carbonyl (C=O) groups is 1. The van der Waals surface area contributed by atoms with E-state index in [2.05, 4.69) is 10.3 Å². The number of rotatable bonds is 4. The van der Waals surface area contributed by atoms with Crippen LogP contribution in [-0.4, -0.2) is 23.0 Å². The van der Waals surface area contributed by atoms with Gasteiger partial charge in [-0.2, -0.15) is 0 Å². The Morgan fingerprint density at radius 3 is 2.69 bits per heavy atom. The summed E-state index contributed by atoms with van der Waals surface area (Å²) in [5.41, 5.74) is 3.01. The monoisotopic (exact) mass is 365 g/mol. The van der Waals surface area contributed by atoms with E-state index in [9.17, 15) is 4.79 Å². The van der Waals surface area contributed by atoms with Crippen LogP contribution >= 0.6 is 11.3 Å². The molecule has 0 fully saturated rings. The molecule has 6 heteroatoms. The van der Waals surface area contributed by atoms with Gasteiger partial charge in [-0.05, 0) is 55.7 Å². The molecule has 5 nitrogen and oxygen atoms in total. The number of carbonyl (C=O) groups excluding carboxylic acids is 1. The van der Waals surface area contributed by atoms with Crippen LogP contribution < -0.4 is 10.1 Å². The molecule has 3 aromatic rings. The van der Waals surface area contributed by atoms with E-state index in [1.165, 1.54) is 4.88 Å². The maximum absolute atomic E-state index is 12.6. The predicted octanol–water partition coefficient (Wildman–Crippen LogP) is 3.96. The van der Waals surface area contributed by atoms with E-state index in [0.717, 1.165) is 47.0 Å². The van der Waals surface area contributed by atoms with E-state index in [-0.39, 0.29) is 11.8 Å². The van der Waals surface area contributed by atoms with Crippen molar-refractivity contribution in [2.24, 2.45) is 5.92 Å². The number of amides is 1. The summed E-state index contributed by atoms with van der Waals surface area (Å²) in [6.45, 7) is 0. The third-order valence-electron chi connectivity index (χ3n) is 4.60. The summed E-state index contributed by atoms with van der Waals surface area (Å²) in [7, 11) is 1.63. The van der Waals surface area contributed by atoms with E-state index in [4.69, 9.17) is 9.72 Å². The maximum Gasteiger partial charge on any atom is 0.227 e. The lowest BCUT2D eigenvalue weighted by Crippen LogP contribution is -2.27. The van der Waals surface area contributed by atoms with Gasteiger partial charge in [0.25, 0.3) is 0 Å². The van der Waals surface area contributed by atoms with Gasteiger partial charge in [0, 0.05) is 34.4 Å². The van der Waals surface area contributed by atoms with Crippen molar-refractivity contribution >= 4 is 22.9 Å². The molecule has 0 saturated heterocycles. The zero-order valence-corrected chi connectivity index (χ0v) is 15.3. The van der Waals surface area contributed by atoms with E-state index >= 15 is 0 Å². The van der Waals surface area contributed by atoms with Crippen LogP contribution in [0.4, 0.5) is 5.69 Å². The largest absolute Gasteiger partial charge is 0.497 e. The van der Waals surface area contributed by atoms with E-state index in [0.29, 0.717) is 0 Å². The number of anilines is 1. The van der Waals surface area contributed by atoms with Crippen molar-refractivity contribution in [3.05, 3.63) is 59.4 Å². The number of benzene rings is 1. The van der Waals surface area contributed by atoms with Crippen LogP contribution in [0.5, 0.6) is 5.75 Å². The van der Waals surface area contributed by atoms with Crippen molar-refractivity contribution in [1.29, 1.82) is 0 Å². The number of methoxy groups -OCH3 is 1. The summed E-state index contributed by atoms with van der Waals surface area (Å²) in [6.07, 6.45) is 5.98. The Kier molecular flexibility index (Phi) is 4.67. The first-order chi connectivity index (χ1) is 12.7. The van der Waals surface area contributed by atoms with Crippen LogP contribution in [0.25, 0.3) is 10.6 Å². The lowest BCUT2D eigenvalue weighted by atomic mass is 9.90. The Morgan fingerprint density at radius 2 is 1.96 bits per heavy atom. The number of thiazole rings is 1. The molecule has 0 bridgehead atoms. The number of fused-ring (bicyclic) bond motifs is 1. The Balaban J connectivity index is 1.45. The summed E-state index contributed by atoms with van der Waals surface area (Å²) in [5.74, 6) is 0.827. The molecule has 1 unspecified atom stereocenters. The van der Waals surface area contributed by atoms with Crippen molar-refractivity contribution in [2.45, 2.75) is 19.3 Å². The highest BCUT2D eigenvalue weighted by molar-refractivity contribution is 7.15. The summed E-state index contributed by atoms with van der Waals surface area (Å²) in [6, 6.07) is 11.4. The molecule has 1 aromatic carbocycles. The van der Waals surface area contributed by atoms with E-state index in [1.54, 1.807) is 30.8 Å². The molecule has 132 valence electrons. The van der Waals surface area contributed by atoms with Gasteiger partial charge in [-0.25, -0.2) is 4.98 Å². The second kappa shape index (κ2) is 7.25. The Bertz CT molecular complexity index is 907. The normalized spacial score (nSPS) is 16.0. The van der Waals surface area contributed by atoms with Gasteiger partial charge in [-0.15, -0.1) is 11.3 Å². The molecular weight excluding hydrogens is 346 g/mol. The molecule has 2 heterocycles. The average molecular weight is 365 g/mol. The smallest absolute Gasteiger partial charge is 0.227 e. The van der Waals surface area contributed by atoms with Crippen LogP contribution in [-0.2, 0) is 17.6 Å². The summed E-state index contributed by atoms with van der Waals surface area (Å²) in [5, 5.41) is 4.02. The summed E-state index contributed by atoms with van der Waals surface area (Å²) >= 11 is 1.69. The molecule has 1 aliphatic rings. The van der Waals surface area contributed by atoms with Crippen LogP contribution in [0.2, 0.25) is 0 Å². The van der Waals surface area contributed by atoms with Crippen molar-refractivity contribution in [1.82, 2.24) is 9.97 Å². The highest BCUT2D eigenvalue weighted by Gasteiger charge is 2.27. The first-order valence-corrected chi connectivity index (χ1v) is 9.38. The van der Waals surface area contributed by atoms with Gasteiger partial charge in [-0.1, -0.05) is 0 Å². The minimum atomic E-state index is -0.0182. The Labute approximate surface area is 156 Å². The van der Waals surface area contributed by atoms with Crippen LogP contribution in [0.1, 0.15) is 17.0 Å². The standard InChI is InChI=1S/C20H19N3O2S/c1-25-16-5-3-15(4-6-16)22-19(24)14-2-7-17-18(12-14)26-20(23-17)13-8-10-21-11-9-13/h3-6,8-11,14H,2,7,12H2,1H3,(H,22,24). The van der Waals surface area contributed by atoms with Gasteiger partial charge in [0.2, 0.25) is 5.91 Å². The zero-order valence-electron chi connectivity index (χ0n) is 14.4. The molecule has 0 radical (unpaired) electrons. The van der Waals surface area contributed by atoms with Gasteiger partial charge in [0.05, 0.1) is 12.8 Å². The first-order valence-electron chi connectivity index (χ1n) is 8.57. The van der Waals surface area contributed by atoms with Crippen LogP contribution in [0.3, 0.4) is 0 Å². The van der Waals surface area contributed by atoms with Crippen molar-refractivity contribution in [3.63, 3.8) is 0 Å². The van der Waals surface area contributed by atoms with Gasteiger partial charge in [0.15, 0.2) is 0 Å². The lowest BCUT2D eigenvalue weighted by Gasteiger charge is -2.20. The maximum atomic E-state index is 12.6. The van der Waals surface area contributed by atoms with Gasteiger partial charge >= 0.3 is 0 Å². The minimum Gasteiger partial charge on any atom is -0.497 e. The molecule has 4 rings (SSSR count). The Morgan fingerprint density at radius 1 is 1.19 bits per heavy atom. The highest BCUT2D eigenvalue weighted by atomic mass is 32.1. The van der Waals surface area contributed by atoms with Crippen LogP contribution in [0.15, 0.2) is 48.8 Å². The summed E-state index contributed by atoms with van der Waals surface area (Å²) in [4.78, 5) is 22.7. The molecule has 0 aliphatic heterocycles. The first kappa shape index (κ1) is 16.7. The van der Waals surface area contributed by atoms with Crippen molar-refractivity contribution < 1.29 is 9.53 Å². The fourth-order valence-corrected chi connectivity index (χ4v) is 4.33. The van der Waals surface area contributed by atoms with E-state index < -0.39 is 0 Å². The third-order valence-corrected chi connectivity index (χ3v) is 5.76. The summed E-state index contributed by atoms with van der Waals surface area (Å²) < 4.78 is 5.15. The van der Waals surface area contributed by atoms with Gasteiger partial charge < -0.3 is 10.1 Å². The average Bonchev–Trinajstić information content (AvgIpc) is 3.12. The predicted molar refractivity (Wildman–Crippen MR) is 102 cm³/mol. The molecule has 2 aromatic heterocycles. The second-order valence-electron chi connectivity index (χ2n) is 6.28. The SMILES string of the molecule is COc1ccc(NC(=O)C2CCc3nc(-c4ccncc4)sc3C2)cc1. The number of ether oxygens (including phenoxy) is 1. The number of aromatic nitrogens is 2. The molecule has 0 spiro atoms. The number of nitrogens with zero attached hydrogens (tertiary/aromatic N) is 2. The van der Waals surface area contributed by atoms with Crippen LogP contribution in [0, 0.1) is 5.92 Å². The van der Waals surface area contributed by atoms with Gasteiger partial charge in [0.1, 0.15) is 10.8 Å². The number of nitrogens with one attached hydrogen (secondary N) is 1. The topological polar surface area (TPSA) is 64.1 Å². The third kappa shape index (κ3) is 3.46. The fourth-order valence-electron chi connectivity index (χ4n) is 3.14. The Hall–Kier alpha value is -2.73. The molecular formula is C20H19N3O2S. The molecule has 1 atom stereocenters. The second-order valence-corrected chi connectivity index (χ2v) is 7.37. The lowest BCUT2D eigenvalue weighted by molar-refractivity contribution is -0.120. The van der Waals surface area contributed by atoms with Crippen molar-refractivity contribution in [3.8, 4) is 16.3 Å². The zero-order chi connectivity index (χ0) is 17.9.